The molecule has 11 nitrogen and oxygen atoms in total. The SMILES string of the molecule is COc1cccc(CCCNC(=O)[C@@H]2CCC(=O)NC(Cc3ccc(O)cc3)C(=O)NCCCOc3ccccc3C(=O)N2)c1. The maximum atomic E-state index is 13.3. The number of carbonyl (C=O) groups is 4. The van der Waals surface area contributed by atoms with E-state index < -0.39 is 29.8 Å². The van der Waals surface area contributed by atoms with E-state index in [1.54, 1.807) is 43.5 Å². The van der Waals surface area contributed by atoms with Gasteiger partial charge in [-0.25, -0.2) is 0 Å². The third-order valence-electron chi connectivity index (χ3n) is 7.39. The maximum Gasteiger partial charge on any atom is 0.255 e. The van der Waals surface area contributed by atoms with Crippen molar-refractivity contribution in [3.8, 4) is 17.2 Å². The molecular formula is C34H40N4O7. The first-order valence-corrected chi connectivity index (χ1v) is 15.1. The van der Waals surface area contributed by atoms with Gasteiger partial charge in [-0.1, -0.05) is 36.4 Å². The minimum Gasteiger partial charge on any atom is -0.508 e. The number of aryl methyl sites for hydroxylation is 1. The fourth-order valence-electron chi connectivity index (χ4n) is 4.95. The van der Waals surface area contributed by atoms with Crippen LogP contribution in [0.1, 0.15) is 47.2 Å². The molecule has 238 valence electrons. The largest absolute Gasteiger partial charge is 0.508 e. The number of fused-ring (bicyclic) bond motifs is 1. The molecule has 11 heteroatoms. The van der Waals surface area contributed by atoms with E-state index in [1.165, 1.54) is 12.1 Å². The van der Waals surface area contributed by atoms with Crippen LogP contribution >= 0.6 is 0 Å². The van der Waals surface area contributed by atoms with E-state index in [-0.39, 0.29) is 43.1 Å². The molecule has 5 N–H and O–H groups in total. The summed E-state index contributed by atoms with van der Waals surface area (Å²) in [5.74, 6) is -0.492. The van der Waals surface area contributed by atoms with Crippen LogP contribution in [-0.4, -0.2) is 67.6 Å². The van der Waals surface area contributed by atoms with Gasteiger partial charge in [-0.3, -0.25) is 19.2 Å². The van der Waals surface area contributed by atoms with E-state index in [9.17, 15) is 24.3 Å². The van der Waals surface area contributed by atoms with Crippen LogP contribution in [0, 0.1) is 0 Å². The van der Waals surface area contributed by atoms with E-state index in [2.05, 4.69) is 21.3 Å². The highest BCUT2D eigenvalue weighted by molar-refractivity contribution is 5.99. The summed E-state index contributed by atoms with van der Waals surface area (Å²) in [6.07, 6.45) is 1.93. The monoisotopic (exact) mass is 616 g/mol. The Morgan fingerprint density at radius 3 is 2.60 bits per heavy atom. The van der Waals surface area contributed by atoms with Crippen LogP contribution < -0.4 is 30.7 Å². The lowest BCUT2D eigenvalue weighted by molar-refractivity contribution is -0.129. The lowest BCUT2D eigenvalue weighted by Crippen LogP contribution is -2.50. The van der Waals surface area contributed by atoms with Gasteiger partial charge in [-0.2, -0.15) is 0 Å². The number of amides is 4. The lowest BCUT2D eigenvalue weighted by atomic mass is 10.0. The van der Waals surface area contributed by atoms with Gasteiger partial charge in [0.2, 0.25) is 17.7 Å². The molecule has 3 aromatic carbocycles. The summed E-state index contributed by atoms with van der Waals surface area (Å²) >= 11 is 0. The Balaban J connectivity index is 1.46. The Kier molecular flexibility index (Phi) is 12.2. The Morgan fingerprint density at radius 2 is 1.80 bits per heavy atom. The lowest BCUT2D eigenvalue weighted by Gasteiger charge is -2.22. The number of methoxy groups -OCH3 is 1. The number of carbonyl (C=O) groups excluding carboxylic acids is 4. The van der Waals surface area contributed by atoms with Crippen molar-refractivity contribution in [1.29, 1.82) is 0 Å². The van der Waals surface area contributed by atoms with Crippen LogP contribution in [0.15, 0.2) is 72.8 Å². The van der Waals surface area contributed by atoms with E-state index >= 15 is 0 Å². The topological polar surface area (TPSA) is 155 Å². The van der Waals surface area contributed by atoms with E-state index in [1.807, 2.05) is 24.3 Å². The number of rotatable bonds is 8. The molecule has 3 aromatic rings. The minimum atomic E-state index is -1.01. The molecule has 4 amide bonds. The number of hydrogen-bond acceptors (Lipinski definition) is 7. The highest BCUT2D eigenvalue weighted by Crippen LogP contribution is 2.19. The van der Waals surface area contributed by atoms with Crippen molar-refractivity contribution in [2.24, 2.45) is 0 Å². The highest BCUT2D eigenvalue weighted by atomic mass is 16.5. The zero-order valence-corrected chi connectivity index (χ0v) is 25.3. The average Bonchev–Trinajstić information content (AvgIpc) is 3.05. The Labute approximate surface area is 262 Å². The van der Waals surface area contributed by atoms with E-state index in [0.29, 0.717) is 38.1 Å². The molecule has 0 spiro atoms. The van der Waals surface area contributed by atoms with Crippen LogP contribution in [-0.2, 0) is 27.2 Å². The fourth-order valence-corrected chi connectivity index (χ4v) is 4.95. The van der Waals surface area contributed by atoms with Gasteiger partial charge in [0.25, 0.3) is 5.91 Å². The number of para-hydroxylation sites is 1. The molecule has 1 aliphatic rings. The van der Waals surface area contributed by atoms with Gasteiger partial charge in [0.15, 0.2) is 0 Å². The smallest absolute Gasteiger partial charge is 0.255 e. The number of hydrogen-bond donors (Lipinski definition) is 5. The van der Waals surface area contributed by atoms with Crippen molar-refractivity contribution in [2.45, 2.75) is 50.6 Å². The molecular weight excluding hydrogens is 576 g/mol. The summed E-state index contributed by atoms with van der Waals surface area (Å²) in [5.41, 5.74) is 2.09. The van der Waals surface area contributed by atoms with Crippen LogP contribution in [0.5, 0.6) is 17.2 Å². The second-order valence-corrected chi connectivity index (χ2v) is 10.8. The second kappa shape index (κ2) is 16.7. The van der Waals surface area contributed by atoms with Crippen molar-refractivity contribution in [3.05, 3.63) is 89.5 Å². The van der Waals surface area contributed by atoms with Crippen LogP contribution in [0.25, 0.3) is 0 Å². The molecule has 45 heavy (non-hydrogen) atoms. The normalized spacial score (nSPS) is 17.9. The molecule has 0 saturated heterocycles. The van der Waals surface area contributed by atoms with Crippen molar-refractivity contribution >= 4 is 23.6 Å². The summed E-state index contributed by atoms with van der Waals surface area (Å²) in [4.78, 5) is 52.8. The highest BCUT2D eigenvalue weighted by Gasteiger charge is 2.26. The summed E-state index contributed by atoms with van der Waals surface area (Å²) in [6.45, 7) is 0.898. The molecule has 2 atom stereocenters. The van der Waals surface area contributed by atoms with Gasteiger partial charge in [0.1, 0.15) is 29.3 Å². The van der Waals surface area contributed by atoms with E-state index in [0.717, 1.165) is 16.9 Å². The summed E-state index contributed by atoms with van der Waals surface area (Å²) < 4.78 is 11.1. The summed E-state index contributed by atoms with van der Waals surface area (Å²) in [6, 6.07) is 18.9. The van der Waals surface area contributed by atoms with Crippen LogP contribution in [0.2, 0.25) is 0 Å². The third-order valence-corrected chi connectivity index (χ3v) is 7.39. The van der Waals surface area contributed by atoms with Gasteiger partial charge >= 0.3 is 0 Å². The predicted molar refractivity (Wildman–Crippen MR) is 168 cm³/mol. The van der Waals surface area contributed by atoms with Crippen molar-refractivity contribution < 1.29 is 33.8 Å². The Hall–Kier alpha value is -5.06. The number of ether oxygens (including phenoxy) is 2. The number of aromatic hydroxyl groups is 1. The standard InChI is InChI=1S/C34H40N4O7/c1-44-26-9-4-7-23(21-26)8-5-18-35-33(42)28-16-17-31(40)37-29(22-24-12-14-25(39)15-13-24)34(43)36-19-6-20-45-30-11-3-2-10-27(30)32(41)38-28/h2-4,7,9-15,21,28-29,39H,5-6,8,16-20,22H2,1H3,(H,35,42)(H,36,43)(H,37,40)(H,38,41)/t28-,29?/m0/s1. The summed E-state index contributed by atoms with van der Waals surface area (Å²) in [5, 5.41) is 20.9. The second-order valence-electron chi connectivity index (χ2n) is 10.8. The zero-order chi connectivity index (χ0) is 32.0. The fraction of sp³-hybridized carbons (Fsp3) is 0.353. The first kappa shape index (κ1) is 32.8. The zero-order valence-electron chi connectivity index (χ0n) is 25.3. The first-order chi connectivity index (χ1) is 21.8. The Morgan fingerprint density at radius 1 is 1.00 bits per heavy atom. The van der Waals surface area contributed by atoms with Crippen molar-refractivity contribution in [3.63, 3.8) is 0 Å². The number of phenolic OH excluding ortho intramolecular Hbond substituents is 1. The quantitative estimate of drug-likeness (QED) is 0.244. The molecule has 4 rings (SSSR count). The third kappa shape index (κ3) is 10.3. The minimum absolute atomic E-state index is 0.00978. The molecule has 0 aliphatic carbocycles. The van der Waals surface area contributed by atoms with Gasteiger partial charge < -0.3 is 35.8 Å². The summed E-state index contributed by atoms with van der Waals surface area (Å²) in [7, 11) is 1.61. The van der Waals surface area contributed by atoms with Gasteiger partial charge in [-0.15, -0.1) is 0 Å². The number of benzene rings is 3. The molecule has 1 heterocycles. The molecule has 1 aliphatic heterocycles. The van der Waals surface area contributed by atoms with Gasteiger partial charge in [0.05, 0.1) is 19.3 Å². The molecule has 0 radical (unpaired) electrons. The van der Waals surface area contributed by atoms with Gasteiger partial charge in [0, 0.05) is 25.9 Å². The van der Waals surface area contributed by atoms with Crippen molar-refractivity contribution in [2.75, 3.05) is 26.8 Å². The van der Waals surface area contributed by atoms with Gasteiger partial charge in [-0.05, 0) is 73.2 Å². The molecule has 0 fully saturated rings. The first-order valence-electron chi connectivity index (χ1n) is 15.1. The van der Waals surface area contributed by atoms with Crippen LogP contribution in [0.4, 0.5) is 0 Å². The molecule has 0 saturated carbocycles. The molecule has 0 bridgehead atoms. The number of phenols is 1. The number of nitrogens with one attached hydrogen (secondary N) is 4. The molecule has 0 aromatic heterocycles. The van der Waals surface area contributed by atoms with E-state index in [4.69, 9.17) is 9.47 Å². The maximum absolute atomic E-state index is 13.3. The Bertz CT molecular complexity index is 1460. The average molecular weight is 617 g/mol. The predicted octanol–water partition coefficient (Wildman–Crippen LogP) is 2.65. The van der Waals surface area contributed by atoms with Crippen molar-refractivity contribution in [1.82, 2.24) is 21.3 Å². The van der Waals surface area contributed by atoms with Crippen LogP contribution in [0.3, 0.4) is 0 Å². The molecule has 1 unspecified atom stereocenters.